The maximum atomic E-state index is 12.7. The van der Waals surface area contributed by atoms with Crippen molar-refractivity contribution in [2.75, 3.05) is 13.2 Å². The van der Waals surface area contributed by atoms with Gasteiger partial charge in [-0.15, -0.1) is 0 Å². The highest BCUT2D eigenvalue weighted by atomic mass is 19.1. The van der Waals surface area contributed by atoms with Gasteiger partial charge in [0.25, 0.3) is 0 Å². The summed E-state index contributed by atoms with van der Waals surface area (Å²) in [7, 11) is 0. The standard InChI is InChI=1S/C17H24FNO2/c18-15-7-9-16(10-8-15)21-12-4-3-11-19-17(20)13-14-5-1-2-6-14/h7-10,14H,1-6,11-13H2,(H,19,20). The molecule has 0 saturated heterocycles. The molecule has 1 N–H and O–H groups in total. The first-order valence-corrected chi connectivity index (χ1v) is 7.89. The Hall–Kier alpha value is -1.58. The average Bonchev–Trinajstić information content (AvgIpc) is 2.97. The van der Waals surface area contributed by atoms with Crippen molar-refractivity contribution < 1.29 is 13.9 Å². The molecule has 1 aromatic rings. The minimum atomic E-state index is -0.257. The van der Waals surface area contributed by atoms with Crippen LogP contribution in [0.1, 0.15) is 44.9 Å². The van der Waals surface area contributed by atoms with E-state index >= 15 is 0 Å². The number of hydrogen-bond acceptors (Lipinski definition) is 2. The van der Waals surface area contributed by atoms with Gasteiger partial charge in [-0.1, -0.05) is 12.8 Å². The molecule has 21 heavy (non-hydrogen) atoms. The van der Waals surface area contributed by atoms with Crippen molar-refractivity contribution in [3.8, 4) is 5.75 Å². The number of benzene rings is 1. The molecule has 1 saturated carbocycles. The van der Waals surface area contributed by atoms with Gasteiger partial charge in [-0.3, -0.25) is 4.79 Å². The SMILES string of the molecule is O=C(CC1CCCC1)NCCCCOc1ccc(F)cc1. The zero-order valence-corrected chi connectivity index (χ0v) is 12.4. The molecule has 0 bridgehead atoms. The van der Waals surface area contributed by atoms with Crippen molar-refractivity contribution in [2.45, 2.75) is 44.9 Å². The lowest BCUT2D eigenvalue weighted by molar-refractivity contribution is -0.121. The Morgan fingerprint density at radius 1 is 1.19 bits per heavy atom. The van der Waals surface area contributed by atoms with E-state index in [0.717, 1.165) is 12.8 Å². The molecular weight excluding hydrogens is 269 g/mol. The molecule has 0 aliphatic heterocycles. The van der Waals surface area contributed by atoms with Gasteiger partial charge < -0.3 is 10.1 Å². The first-order chi connectivity index (χ1) is 10.2. The lowest BCUT2D eigenvalue weighted by Gasteiger charge is -2.10. The molecule has 1 amide bonds. The number of unbranched alkanes of at least 4 members (excludes halogenated alkanes) is 1. The van der Waals surface area contributed by atoms with Crippen LogP contribution in [0, 0.1) is 11.7 Å². The van der Waals surface area contributed by atoms with Crippen LogP contribution >= 0.6 is 0 Å². The molecule has 0 unspecified atom stereocenters. The highest BCUT2D eigenvalue weighted by molar-refractivity contribution is 5.76. The molecule has 0 heterocycles. The van der Waals surface area contributed by atoms with Gasteiger partial charge in [-0.25, -0.2) is 4.39 Å². The van der Waals surface area contributed by atoms with Gasteiger partial charge in [0.15, 0.2) is 0 Å². The number of hydrogen-bond donors (Lipinski definition) is 1. The number of amides is 1. The Kier molecular flexibility index (Phi) is 6.51. The fourth-order valence-corrected chi connectivity index (χ4v) is 2.72. The summed E-state index contributed by atoms with van der Waals surface area (Å²) in [5.41, 5.74) is 0. The first kappa shape index (κ1) is 15.8. The third-order valence-corrected chi connectivity index (χ3v) is 3.92. The van der Waals surface area contributed by atoms with Crippen LogP contribution in [-0.4, -0.2) is 19.1 Å². The van der Waals surface area contributed by atoms with Crippen molar-refractivity contribution >= 4 is 5.91 Å². The first-order valence-electron chi connectivity index (χ1n) is 7.89. The van der Waals surface area contributed by atoms with Crippen molar-refractivity contribution in [1.82, 2.24) is 5.32 Å². The molecular formula is C17H24FNO2. The van der Waals surface area contributed by atoms with Gasteiger partial charge in [0.2, 0.25) is 5.91 Å². The van der Waals surface area contributed by atoms with Crippen LogP contribution in [0.25, 0.3) is 0 Å². The quantitative estimate of drug-likeness (QED) is 0.742. The lowest BCUT2D eigenvalue weighted by atomic mass is 10.0. The number of carbonyl (C=O) groups excluding carboxylic acids is 1. The highest BCUT2D eigenvalue weighted by Crippen LogP contribution is 2.27. The van der Waals surface area contributed by atoms with E-state index in [-0.39, 0.29) is 11.7 Å². The lowest BCUT2D eigenvalue weighted by Crippen LogP contribution is -2.26. The summed E-state index contributed by atoms with van der Waals surface area (Å²) in [5, 5.41) is 2.97. The number of carbonyl (C=O) groups is 1. The Bertz CT molecular complexity index is 427. The number of rotatable bonds is 8. The van der Waals surface area contributed by atoms with Gasteiger partial charge >= 0.3 is 0 Å². The predicted octanol–water partition coefficient (Wildman–Crippen LogP) is 3.68. The molecule has 1 aliphatic rings. The maximum Gasteiger partial charge on any atom is 0.220 e. The molecule has 1 aliphatic carbocycles. The van der Waals surface area contributed by atoms with E-state index < -0.39 is 0 Å². The topological polar surface area (TPSA) is 38.3 Å². The van der Waals surface area contributed by atoms with E-state index in [0.29, 0.717) is 31.2 Å². The molecule has 1 aromatic carbocycles. The molecule has 0 radical (unpaired) electrons. The normalized spacial score (nSPS) is 15.1. The van der Waals surface area contributed by atoms with Crippen LogP contribution in [-0.2, 0) is 4.79 Å². The van der Waals surface area contributed by atoms with E-state index in [9.17, 15) is 9.18 Å². The van der Waals surface area contributed by atoms with Crippen LogP contribution in [0.4, 0.5) is 4.39 Å². The van der Waals surface area contributed by atoms with E-state index in [2.05, 4.69) is 5.32 Å². The van der Waals surface area contributed by atoms with Gasteiger partial charge in [0.05, 0.1) is 6.61 Å². The molecule has 1 fully saturated rings. The second-order valence-corrected chi connectivity index (χ2v) is 5.71. The largest absolute Gasteiger partial charge is 0.494 e. The number of ether oxygens (including phenoxy) is 1. The van der Waals surface area contributed by atoms with Crippen LogP contribution < -0.4 is 10.1 Å². The van der Waals surface area contributed by atoms with Crippen LogP contribution in [0.5, 0.6) is 5.75 Å². The summed E-state index contributed by atoms with van der Waals surface area (Å²) >= 11 is 0. The summed E-state index contributed by atoms with van der Waals surface area (Å²) in [6, 6.07) is 6.02. The van der Waals surface area contributed by atoms with Crippen molar-refractivity contribution in [3.63, 3.8) is 0 Å². The molecule has 4 heteroatoms. The van der Waals surface area contributed by atoms with Crippen LogP contribution in [0.3, 0.4) is 0 Å². The van der Waals surface area contributed by atoms with E-state index in [1.807, 2.05) is 0 Å². The van der Waals surface area contributed by atoms with Gasteiger partial charge in [0, 0.05) is 13.0 Å². The second kappa shape index (κ2) is 8.65. The Balaban J connectivity index is 1.47. The highest BCUT2D eigenvalue weighted by Gasteiger charge is 2.17. The predicted molar refractivity (Wildman–Crippen MR) is 80.7 cm³/mol. The fourth-order valence-electron chi connectivity index (χ4n) is 2.72. The molecule has 116 valence electrons. The third-order valence-electron chi connectivity index (χ3n) is 3.92. The number of halogens is 1. The summed E-state index contributed by atoms with van der Waals surface area (Å²) in [4.78, 5) is 11.7. The van der Waals surface area contributed by atoms with E-state index in [4.69, 9.17) is 4.74 Å². The fraction of sp³-hybridized carbons (Fsp3) is 0.588. The number of nitrogens with one attached hydrogen (secondary N) is 1. The monoisotopic (exact) mass is 293 g/mol. The van der Waals surface area contributed by atoms with Crippen molar-refractivity contribution in [2.24, 2.45) is 5.92 Å². The second-order valence-electron chi connectivity index (χ2n) is 5.71. The maximum absolute atomic E-state index is 12.7. The summed E-state index contributed by atoms with van der Waals surface area (Å²) in [6.45, 7) is 1.29. The van der Waals surface area contributed by atoms with Crippen LogP contribution in [0.15, 0.2) is 24.3 Å². The molecule has 0 atom stereocenters. The minimum Gasteiger partial charge on any atom is -0.494 e. The Morgan fingerprint density at radius 3 is 2.62 bits per heavy atom. The van der Waals surface area contributed by atoms with Crippen LogP contribution in [0.2, 0.25) is 0 Å². The summed E-state index contributed by atoms with van der Waals surface area (Å²) < 4.78 is 18.2. The Labute approximate surface area is 125 Å². The van der Waals surface area contributed by atoms with Gasteiger partial charge in [0.1, 0.15) is 11.6 Å². The average molecular weight is 293 g/mol. The van der Waals surface area contributed by atoms with Crippen molar-refractivity contribution in [3.05, 3.63) is 30.1 Å². The zero-order chi connectivity index (χ0) is 14.9. The summed E-state index contributed by atoms with van der Waals surface area (Å²) in [5.74, 6) is 1.21. The minimum absolute atomic E-state index is 0.182. The van der Waals surface area contributed by atoms with E-state index in [1.54, 1.807) is 12.1 Å². The molecule has 0 aromatic heterocycles. The molecule has 2 rings (SSSR count). The third kappa shape index (κ3) is 6.15. The van der Waals surface area contributed by atoms with E-state index in [1.165, 1.54) is 37.8 Å². The van der Waals surface area contributed by atoms with Gasteiger partial charge in [-0.2, -0.15) is 0 Å². The summed E-state index contributed by atoms with van der Waals surface area (Å²) in [6.07, 6.45) is 7.43. The van der Waals surface area contributed by atoms with Crippen molar-refractivity contribution in [1.29, 1.82) is 0 Å². The smallest absolute Gasteiger partial charge is 0.220 e. The Morgan fingerprint density at radius 2 is 1.90 bits per heavy atom. The molecule has 0 spiro atoms. The zero-order valence-electron chi connectivity index (χ0n) is 12.4. The molecule has 3 nitrogen and oxygen atoms in total. The van der Waals surface area contributed by atoms with Gasteiger partial charge in [-0.05, 0) is 55.9 Å².